The normalized spacial score (nSPS) is 14.0. The summed E-state index contributed by atoms with van der Waals surface area (Å²) in [7, 11) is -3.30. The van der Waals surface area contributed by atoms with Crippen LogP contribution in [0.1, 0.15) is 38.3 Å². The molecule has 0 radical (unpaired) electrons. The van der Waals surface area contributed by atoms with E-state index in [2.05, 4.69) is 5.32 Å². The van der Waals surface area contributed by atoms with Gasteiger partial charge in [-0.25, -0.2) is 8.42 Å². The van der Waals surface area contributed by atoms with E-state index in [4.69, 9.17) is 11.1 Å². The van der Waals surface area contributed by atoms with Crippen molar-refractivity contribution in [3.8, 4) is 0 Å². The second-order valence-electron chi connectivity index (χ2n) is 7.42. The van der Waals surface area contributed by atoms with E-state index in [1.165, 1.54) is 24.3 Å². The van der Waals surface area contributed by atoms with Crippen molar-refractivity contribution in [2.45, 2.75) is 18.2 Å². The first kappa shape index (κ1) is 22.2. The number of nitrogens with two attached hydrogens (primary N) is 1. The second kappa shape index (κ2) is 8.73. The minimum atomic E-state index is -3.30. The Labute approximate surface area is 181 Å². The molecular formula is C22H24N4O4S. The van der Waals surface area contributed by atoms with Gasteiger partial charge in [-0.2, -0.15) is 0 Å². The van der Waals surface area contributed by atoms with E-state index < -0.39 is 21.7 Å². The summed E-state index contributed by atoms with van der Waals surface area (Å²) in [4.78, 5) is 26.6. The summed E-state index contributed by atoms with van der Waals surface area (Å²) in [5.41, 5.74) is 9.08. The molecule has 1 aliphatic heterocycles. The molecule has 0 fully saturated rings. The highest BCUT2D eigenvalue weighted by Gasteiger charge is 2.21. The molecule has 9 heteroatoms. The van der Waals surface area contributed by atoms with Gasteiger partial charge < -0.3 is 10.6 Å². The van der Waals surface area contributed by atoms with Crippen LogP contribution in [0.15, 0.2) is 53.4 Å². The van der Waals surface area contributed by atoms with Crippen LogP contribution in [0.5, 0.6) is 0 Å². The lowest BCUT2D eigenvalue weighted by molar-refractivity contribution is 0.0772. The molecule has 1 aliphatic rings. The lowest BCUT2D eigenvalue weighted by Crippen LogP contribution is -2.35. The number of carbonyl (C=O) groups excluding carboxylic acids is 2. The zero-order chi connectivity index (χ0) is 22.8. The van der Waals surface area contributed by atoms with E-state index in [0.717, 1.165) is 23.0 Å². The monoisotopic (exact) mass is 440 g/mol. The molecule has 2 amide bonds. The van der Waals surface area contributed by atoms with Gasteiger partial charge in [-0.05, 0) is 66.4 Å². The van der Waals surface area contributed by atoms with E-state index in [0.29, 0.717) is 30.6 Å². The minimum absolute atomic E-state index is 0.150. The van der Waals surface area contributed by atoms with Crippen molar-refractivity contribution in [1.29, 1.82) is 5.41 Å². The molecule has 0 aromatic heterocycles. The number of guanidine groups is 1. The van der Waals surface area contributed by atoms with Gasteiger partial charge in [0.05, 0.1) is 4.90 Å². The Morgan fingerprint density at radius 2 is 1.74 bits per heavy atom. The summed E-state index contributed by atoms with van der Waals surface area (Å²) >= 11 is 0. The summed E-state index contributed by atoms with van der Waals surface area (Å²) in [6, 6.07) is 11.2. The molecule has 0 atom stereocenters. The second-order valence-corrected chi connectivity index (χ2v) is 9.44. The van der Waals surface area contributed by atoms with E-state index in [1.54, 1.807) is 17.0 Å². The smallest absolute Gasteiger partial charge is 0.257 e. The van der Waals surface area contributed by atoms with Crippen LogP contribution in [0, 0.1) is 12.3 Å². The minimum Gasteiger partial charge on any atom is -0.370 e. The molecule has 162 valence electrons. The number of aryl methyl sites for hydroxylation is 1. The van der Waals surface area contributed by atoms with Crippen molar-refractivity contribution < 1.29 is 18.0 Å². The summed E-state index contributed by atoms with van der Waals surface area (Å²) in [5, 5.41) is 9.42. The van der Waals surface area contributed by atoms with Crippen molar-refractivity contribution in [1.82, 2.24) is 10.2 Å². The predicted molar refractivity (Wildman–Crippen MR) is 119 cm³/mol. The molecule has 0 spiro atoms. The molecule has 0 saturated heterocycles. The van der Waals surface area contributed by atoms with Crippen LogP contribution in [0.2, 0.25) is 0 Å². The molecule has 2 aromatic carbocycles. The van der Waals surface area contributed by atoms with E-state index in [1.807, 2.05) is 19.1 Å². The van der Waals surface area contributed by atoms with Crippen molar-refractivity contribution >= 4 is 33.2 Å². The molecule has 4 N–H and O–H groups in total. The van der Waals surface area contributed by atoms with E-state index >= 15 is 0 Å². The summed E-state index contributed by atoms with van der Waals surface area (Å²) < 4.78 is 23.2. The summed E-state index contributed by atoms with van der Waals surface area (Å²) in [5.74, 6) is -0.987. The third kappa shape index (κ3) is 5.18. The highest BCUT2D eigenvalue weighted by atomic mass is 32.2. The zero-order valence-corrected chi connectivity index (χ0v) is 18.1. The maximum atomic E-state index is 12.8. The molecule has 0 bridgehead atoms. The molecule has 31 heavy (non-hydrogen) atoms. The quantitative estimate of drug-likeness (QED) is 0.494. The Morgan fingerprint density at radius 1 is 1.10 bits per heavy atom. The third-order valence-electron chi connectivity index (χ3n) is 5.11. The summed E-state index contributed by atoms with van der Waals surface area (Å²) in [6.45, 7) is 2.88. The third-order valence-corrected chi connectivity index (χ3v) is 6.24. The molecular weight excluding hydrogens is 416 g/mol. The fourth-order valence-electron chi connectivity index (χ4n) is 3.49. The Balaban J connectivity index is 1.72. The van der Waals surface area contributed by atoms with E-state index in [-0.39, 0.29) is 10.8 Å². The van der Waals surface area contributed by atoms with Crippen LogP contribution in [0.25, 0.3) is 5.57 Å². The van der Waals surface area contributed by atoms with Crippen molar-refractivity contribution in [2.75, 3.05) is 19.3 Å². The Morgan fingerprint density at radius 3 is 2.26 bits per heavy atom. The fraction of sp³-hybridized carbons (Fsp3) is 0.227. The van der Waals surface area contributed by atoms with Gasteiger partial charge in [-0.3, -0.25) is 20.3 Å². The number of carbonyl (C=O) groups is 2. The van der Waals surface area contributed by atoms with Gasteiger partial charge in [0.2, 0.25) is 0 Å². The first-order chi connectivity index (χ1) is 14.6. The maximum Gasteiger partial charge on any atom is 0.257 e. The van der Waals surface area contributed by atoms with E-state index in [9.17, 15) is 18.0 Å². The van der Waals surface area contributed by atoms with Gasteiger partial charge in [0.25, 0.3) is 11.8 Å². The Kier molecular flexibility index (Phi) is 6.26. The van der Waals surface area contributed by atoms with Gasteiger partial charge in [0, 0.05) is 30.5 Å². The number of nitrogens with one attached hydrogen (secondary N) is 2. The van der Waals surface area contributed by atoms with Crippen molar-refractivity contribution in [2.24, 2.45) is 5.73 Å². The number of rotatable bonds is 4. The fourth-order valence-corrected chi connectivity index (χ4v) is 4.12. The zero-order valence-electron chi connectivity index (χ0n) is 17.3. The maximum absolute atomic E-state index is 12.8. The molecule has 0 saturated carbocycles. The molecule has 2 aromatic rings. The largest absolute Gasteiger partial charge is 0.370 e. The van der Waals surface area contributed by atoms with Gasteiger partial charge in [-0.15, -0.1) is 0 Å². The number of sulfone groups is 1. The standard InChI is InChI=1S/C22H24N4O4S/c1-14-13-17(20(27)25-22(23)24)5-8-19(14)15-9-11-26(12-10-15)21(28)16-3-6-18(7-4-16)31(2,29)30/h3-9,13H,10-12H2,1-2H3,(H4,23,24,25,27). The van der Waals surface area contributed by atoms with Crippen LogP contribution < -0.4 is 11.1 Å². The first-order valence-corrected chi connectivity index (χ1v) is 11.5. The first-order valence-electron chi connectivity index (χ1n) is 9.61. The molecule has 1 heterocycles. The van der Waals surface area contributed by atoms with Crippen molar-refractivity contribution in [3.05, 3.63) is 70.8 Å². The molecule has 8 nitrogen and oxygen atoms in total. The van der Waals surface area contributed by atoms with Gasteiger partial charge in [-0.1, -0.05) is 12.1 Å². The number of nitrogens with zero attached hydrogens (tertiary/aromatic N) is 1. The average molecular weight is 441 g/mol. The van der Waals surface area contributed by atoms with Crippen LogP contribution in [-0.2, 0) is 9.84 Å². The number of benzene rings is 2. The highest BCUT2D eigenvalue weighted by Crippen LogP contribution is 2.27. The lowest BCUT2D eigenvalue weighted by Gasteiger charge is -2.27. The Bertz CT molecular complexity index is 1180. The van der Waals surface area contributed by atoms with Gasteiger partial charge in [0.1, 0.15) is 0 Å². The number of hydrogen-bond acceptors (Lipinski definition) is 5. The lowest BCUT2D eigenvalue weighted by atomic mass is 9.94. The van der Waals surface area contributed by atoms with Crippen LogP contribution in [0.4, 0.5) is 0 Å². The summed E-state index contributed by atoms with van der Waals surface area (Å²) in [6.07, 6.45) is 3.78. The van der Waals surface area contributed by atoms with Gasteiger partial charge >= 0.3 is 0 Å². The molecule has 3 rings (SSSR count). The molecule has 0 aliphatic carbocycles. The number of hydrogen-bond donors (Lipinski definition) is 3. The topological polar surface area (TPSA) is 133 Å². The van der Waals surface area contributed by atoms with Crippen LogP contribution >= 0.6 is 0 Å². The van der Waals surface area contributed by atoms with Crippen LogP contribution in [0.3, 0.4) is 0 Å². The SMILES string of the molecule is Cc1cc(C(=O)NC(=N)N)ccc1C1=CCN(C(=O)c2ccc(S(C)(=O)=O)cc2)CC1. The molecule has 0 unspecified atom stereocenters. The Hall–Kier alpha value is -3.46. The highest BCUT2D eigenvalue weighted by molar-refractivity contribution is 7.90. The van der Waals surface area contributed by atoms with Crippen molar-refractivity contribution in [3.63, 3.8) is 0 Å². The van der Waals surface area contributed by atoms with Crippen LogP contribution in [-0.4, -0.2) is 50.4 Å². The van der Waals surface area contributed by atoms with Gasteiger partial charge in [0.15, 0.2) is 15.8 Å². The average Bonchev–Trinajstić information content (AvgIpc) is 2.72. The number of amides is 2. The predicted octanol–water partition coefficient (Wildman–Crippen LogP) is 1.95.